The first-order chi connectivity index (χ1) is 12.3. The van der Waals surface area contributed by atoms with Crippen molar-refractivity contribution >= 4 is 0 Å². The summed E-state index contributed by atoms with van der Waals surface area (Å²) < 4.78 is 5.99. The molecule has 0 bridgehead atoms. The Morgan fingerprint density at radius 1 is 0.560 bits per heavy atom. The third-order valence-electron chi connectivity index (χ3n) is 4.38. The molecule has 0 fully saturated rings. The molecular formula is C24H19O+. The van der Waals surface area contributed by atoms with Crippen LogP contribution in [0.2, 0.25) is 0 Å². The molecule has 0 saturated heterocycles. The van der Waals surface area contributed by atoms with Crippen molar-refractivity contribution in [3.63, 3.8) is 0 Å². The molecule has 1 heterocycles. The summed E-state index contributed by atoms with van der Waals surface area (Å²) in [5.41, 5.74) is 6.98. The van der Waals surface area contributed by atoms with Crippen LogP contribution in [0.4, 0.5) is 0 Å². The van der Waals surface area contributed by atoms with Crippen molar-refractivity contribution in [2.24, 2.45) is 0 Å². The third kappa shape index (κ3) is 3.09. The molecule has 0 atom stereocenters. The molecule has 4 rings (SSSR count). The predicted molar refractivity (Wildman–Crippen MR) is 104 cm³/mol. The van der Waals surface area contributed by atoms with Gasteiger partial charge in [0.25, 0.3) is 0 Å². The molecular weight excluding hydrogens is 304 g/mol. The molecule has 1 heteroatoms. The first-order valence-corrected chi connectivity index (χ1v) is 8.45. The fourth-order valence-electron chi connectivity index (χ4n) is 3.10. The summed E-state index contributed by atoms with van der Waals surface area (Å²) in [7, 11) is 0. The van der Waals surface area contributed by atoms with E-state index in [4.69, 9.17) is 4.42 Å². The topological polar surface area (TPSA) is 11.3 Å². The maximum absolute atomic E-state index is 5.99. The Kier molecular flexibility index (Phi) is 4.14. The first-order valence-electron chi connectivity index (χ1n) is 8.45. The fraction of sp³-hybridized carbons (Fsp3) is 0.0417. The van der Waals surface area contributed by atoms with Gasteiger partial charge in [0, 0.05) is 11.6 Å². The van der Waals surface area contributed by atoms with Crippen LogP contribution in [0, 0.1) is 6.92 Å². The molecule has 1 nitrogen and oxygen atoms in total. The van der Waals surface area contributed by atoms with Gasteiger partial charge in [-0.25, -0.2) is 4.42 Å². The molecule has 0 radical (unpaired) electrons. The summed E-state index contributed by atoms with van der Waals surface area (Å²) in [5, 5.41) is 0. The molecule has 0 amide bonds. The number of benzene rings is 3. The van der Waals surface area contributed by atoms with Crippen molar-refractivity contribution in [3.05, 3.63) is 103 Å². The van der Waals surface area contributed by atoms with E-state index in [1.165, 1.54) is 16.7 Å². The smallest absolute Gasteiger partial charge is 0.215 e. The minimum atomic E-state index is 0.894. The van der Waals surface area contributed by atoms with E-state index in [2.05, 4.69) is 73.7 Å². The highest BCUT2D eigenvalue weighted by atomic mass is 16.3. The second-order valence-electron chi connectivity index (χ2n) is 6.14. The van der Waals surface area contributed by atoms with Gasteiger partial charge in [-0.3, -0.25) is 0 Å². The Balaban J connectivity index is 2.01. The largest absolute Gasteiger partial charge is 0.368 e. The van der Waals surface area contributed by atoms with Crippen LogP contribution in [0.3, 0.4) is 0 Å². The molecule has 120 valence electrons. The zero-order valence-corrected chi connectivity index (χ0v) is 14.1. The van der Waals surface area contributed by atoms with Crippen LogP contribution in [0.5, 0.6) is 0 Å². The van der Waals surface area contributed by atoms with Crippen LogP contribution < -0.4 is 0 Å². The Bertz CT molecular complexity index is 914. The van der Waals surface area contributed by atoms with Crippen molar-refractivity contribution < 1.29 is 4.42 Å². The molecule has 0 saturated carbocycles. The summed E-state index contributed by atoms with van der Waals surface area (Å²) in [6.07, 6.45) is 1.78. The van der Waals surface area contributed by atoms with Crippen molar-refractivity contribution in [2.45, 2.75) is 6.92 Å². The van der Waals surface area contributed by atoms with Crippen LogP contribution in [-0.2, 0) is 0 Å². The van der Waals surface area contributed by atoms with Gasteiger partial charge in [0.05, 0.1) is 11.1 Å². The lowest BCUT2D eigenvalue weighted by Gasteiger charge is -2.09. The minimum Gasteiger partial charge on any atom is -0.215 e. The highest BCUT2D eigenvalue weighted by Gasteiger charge is 2.23. The lowest BCUT2D eigenvalue weighted by Crippen LogP contribution is -1.90. The Labute approximate surface area is 148 Å². The van der Waals surface area contributed by atoms with E-state index in [1.54, 1.807) is 6.26 Å². The van der Waals surface area contributed by atoms with E-state index in [1.807, 2.05) is 24.3 Å². The van der Waals surface area contributed by atoms with E-state index in [0.717, 1.165) is 22.5 Å². The maximum Gasteiger partial charge on any atom is 0.368 e. The normalized spacial score (nSPS) is 10.6. The summed E-state index contributed by atoms with van der Waals surface area (Å²) in [5.74, 6) is 0.894. The first kappa shape index (κ1) is 15.3. The number of hydrogen-bond acceptors (Lipinski definition) is 0. The molecule has 4 aromatic rings. The third-order valence-corrected chi connectivity index (χ3v) is 4.38. The van der Waals surface area contributed by atoms with Crippen LogP contribution in [0.1, 0.15) is 5.56 Å². The van der Waals surface area contributed by atoms with Gasteiger partial charge < -0.3 is 0 Å². The summed E-state index contributed by atoms with van der Waals surface area (Å²) in [6.45, 7) is 2.11. The standard InChI is InChI=1S/C24H19O/c1-18-12-14-20(15-13-18)23-22(19-8-4-2-5-9-19)16-17-25-24(23)21-10-6-3-7-11-21/h2-17H,1H3/q+1. The zero-order chi connectivity index (χ0) is 17.1. The van der Waals surface area contributed by atoms with Crippen LogP contribution >= 0.6 is 0 Å². The highest BCUT2D eigenvalue weighted by Crippen LogP contribution is 2.39. The predicted octanol–water partition coefficient (Wildman–Crippen LogP) is 6.87. The van der Waals surface area contributed by atoms with Gasteiger partial charge in [-0.1, -0.05) is 78.4 Å². The van der Waals surface area contributed by atoms with E-state index in [-0.39, 0.29) is 0 Å². The van der Waals surface area contributed by atoms with Crippen LogP contribution in [-0.4, -0.2) is 0 Å². The highest BCUT2D eigenvalue weighted by molar-refractivity contribution is 5.91. The maximum atomic E-state index is 5.99. The lowest BCUT2D eigenvalue weighted by molar-refractivity contribution is 0.568. The number of aryl methyl sites for hydroxylation is 1. The van der Waals surface area contributed by atoms with Crippen molar-refractivity contribution in [1.29, 1.82) is 0 Å². The average Bonchev–Trinajstić information content (AvgIpc) is 2.69. The molecule has 3 aromatic carbocycles. The van der Waals surface area contributed by atoms with E-state index < -0.39 is 0 Å². The molecule has 0 unspecified atom stereocenters. The fourth-order valence-corrected chi connectivity index (χ4v) is 3.10. The second-order valence-corrected chi connectivity index (χ2v) is 6.14. The Morgan fingerprint density at radius 3 is 1.80 bits per heavy atom. The SMILES string of the molecule is Cc1ccc(-c2c(-c3ccccc3)cc[o+]c2-c2ccccc2)cc1. The molecule has 0 aliphatic rings. The van der Waals surface area contributed by atoms with Crippen molar-refractivity contribution in [1.82, 2.24) is 0 Å². The van der Waals surface area contributed by atoms with E-state index in [9.17, 15) is 0 Å². The number of hydrogen-bond donors (Lipinski definition) is 0. The van der Waals surface area contributed by atoms with Gasteiger partial charge in [-0.05, 0) is 30.2 Å². The minimum absolute atomic E-state index is 0.894. The monoisotopic (exact) mass is 323 g/mol. The summed E-state index contributed by atoms with van der Waals surface area (Å²) in [6, 6.07) is 31.4. The molecule has 25 heavy (non-hydrogen) atoms. The number of rotatable bonds is 3. The summed E-state index contributed by atoms with van der Waals surface area (Å²) >= 11 is 0. The van der Waals surface area contributed by atoms with Gasteiger partial charge in [0.15, 0.2) is 0 Å². The zero-order valence-electron chi connectivity index (χ0n) is 14.1. The summed E-state index contributed by atoms with van der Waals surface area (Å²) in [4.78, 5) is 0. The molecule has 0 aliphatic heterocycles. The molecule has 0 N–H and O–H groups in total. The van der Waals surface area contributed by atoms with Gasteiger partial charge >= 0.3 is 12.0 Å². The van der Waals surface area contributed by atoms with E-state index in [0.29, 0.717) is 0 Å². The molecule has 0 aliphatic carbocycles. The van der Waals surface area contributed by atoms with Crippen LogP contribution in [0.25, 0.3) is 33.6 Å². The quantitative estimate of drug-likeness (QED) is 0.374. The van der Waals surface area contributed by atoms with Gasteiger partial charge in [0.1, 0.15) is 0 Å². The van der Waals surface area contributed by atoms with E-state index >= 15 is 0 Å². The molecule has 0 spiro atoms. The van der Waals surface area contributed by atoms with Crippen molar-refractivity contribution in [3.8, 4) is 33.6 Å². The molecule has 1 aromatic heterocycles. The van der Waals surface area contributed by atoms with Gasteiger partial charge in [-0.2, -0.15) is 0 Å². The second kappa shape index (κ2) is 6.74. The van der Waals surface area contributed by atoms with Crippen LogP contribution in [0.15, 0.2) is 102 Å². The Morgan fingerprint density at radius 2 is 1.16 bits per heavy atom. The Hall–Kier alpha value is -3.19. The van der Waals surface area contributed by atoms with Gasteiger partial charge in [-0.15, -0.1) is 0 Å². The average molecular weight is 323 g/mol. The van der Waals surface area contributed by atoms with Crippen molar-refractivity contribution in [2.75, 3.05) is 0 Å². The van der Waals surface area contributed by atoms with Gasteiger partial charge in [0.2, 0.25) is 0 Å². The lowest BCUT2D eigenvalue weighted by atomic mass is 9.92.